The molecule has 2 nitrogen and oxygen atoms in total. The zero-order chi connectivity index (χ0) is 14.2. The highest BCUT2D eigenvalue weighted by Crippen LogP contribution is 2.55. The van der Waals surface area contributed by atoms with E-state index in [1.165, 1.54) is 24.4 Å². The number of halogens is 2. The zero-order valence-electron chi connectivity index (χ0n) is 11.1. The van der Waals surface area contributed by atoms with Gasteiger partial charge in [0.2, 0.25) is 0 Å². The van der Waals surface area contributed by atoms with Crippen molar-refractivity contribution in [2.24, 2.45) is 17.4 Å². The largest absolute Gasteiger partial charge is 0.405 e. The maximum Gasteiger partial charge on any atom is 0.135 e. The Balaban J connectivity index is 2.59. The third-order valence-electron chi connectivity index (χ3n) is 4.00. The van der Waals surface area contributed by atoms with E-state index >= 15 is 0 Å². The standard InChI is InChI=1S/C15H18F2N2/c1-9-8-15(9,2)11-6-10(16)7-12(17)14(11)13(19)4-3-5-18/h3-7,9H,8,18-19H2,1-2H3/b5-3-,13-4-. The van der Waals surface area contributed by atoms with Crippen LogP contribution in [0.2, 0.25) is 0 Å². The summed E-state index contributed by atoms with van der Waals surface area (Å²) in [7, 11) is 0. The lowest BCUT2D eigenvalue weighted by atomic mass is 9.89. The first kappa shape index (κ1) is 13.6. The van der Waals surface area contributed by atoms with E-state index in [-0.39, 0.29) is 16.7 Å². The first-order chi connectivity index (χ1) is 8.90. The molecule has 0 amide bonds. The van der Waals surface area contributed by atoms with E-state index in [0.717, 1.165) is 12.5 Å². The monoisotopic (exact) mass is 264 g/mol. The van der Waals surface area contributed by atoms with Gasteiger partial charge in [-0.1, -0.05) is 13.8 Å². The van der Waals surface area contributed by atoms with E-state index in [1.54, 1.807) is 0 Å². The van der Waals surface area contributed by atoms with Crippen LogP contribution in [-0.4, -0.2) is 0 Å². The van der Waals surface area contributed by atoms with Crippen LogP contribution in [0.3, 0.4) is 0 Å². The van der Waals surface area contributed by atoms with Crippen molar-refractivity contribution >= 4 is 5.70 Å². The van der Waals surface area contributed by atoms with E-state index in [9.17, 15) is 8.78 Å². The summed E-state index contributed by atoms with van der Waals surface area (Å²) in [6.07, 6.45) is 5.27. The van der Waals surface area contributed by atoms with E-state index < -0.39 is 11.6 Å². The average Bonchev–Trinajstić information content (AvgIpc) is 2.94. The van der Waals surface area contributed by atoms with Gasteiger partial charge in [-0.25, -0.2) is 8.78 Å². The second-order valence-electron chi connectivity index (χ2n) is 5.34. The molecule has 2 rings (SSSR count). The van der Waals surface area contributed by atoms with Crippen molar-refractivity contribution in [2.75, 3.05) is 0 Å². The summed E-state index contributed by atoms with van der Waals surface area (Å²) >= 11 is 0. The fraction of sp³-hybridized carbons (Fsp3) is 0.333. The van der Waals surface area contributed by atoms with Crippen LogP contribution >= 0.6 is 0 Å². The lowest BCUT2D eigenvalue weighted by Gasteiger charge is -2.17. The molecule has 0 bridgehead atoms. The van der Waals surface area contributed by atoms with Gasteiger partial charge in [-0.2, -0.15) is 0 Å². The van der Waals surface area contributed by atoms with Crippen molar-refractivity contribution in [3.05, 3.63) is 53.2 Å². The zero-order valence-corrected chi connectivity index (χ0v) is 11.1. The van der Waals surface area contributed by atoms with Crippen LogP contribution in [-0.2, 0) is 5.41 Å². The van der Waals surface area contributed by atoms with Gasteiger partial charge in [-0.3, -0.25) is 0 Å². The molecule has 102 valence electrons. The van der Waals surface area contributed by atoms with Gasteiger partial charge >= 0.3 is 0 Å². The maximum atomic E-state index is 14.1. The molecule has 4 heteroatoms. The van der Waals surface area contributed by atoms with Crippen molar-refractivity contribution in [3.8, 4) is 0 Å². The van der Waals surface area contributed by atoms with Crippen molar-refractivity contribution in [1.82, 2.24) is 0 Å². The highest BCUT2D eigenvalue weighted by molar-refractivity contribution is 5.69. The lowest BCUT2D eigenvalue weighted by Crippen LogP contribution is -2.13. The Hall–Kier alpha value is -1.84. The quantitative estimate of drug-likeness (QED) is 0.824. The normalized spacial score (nSPS) is 26.9. The molecule has 1 aromatic rings. The molecular weight excluding hydrogens is 246 g/mol. The molecule has 4 N–H and O–H groups in total. The molecule has 1 fully saturated rings. The van der Waals surface area contributed by atoms with Crippen molar-refractivity contribution < 1.29 is 8.78 Å². The molecule has 1 aromatic carbocycles. The predicted octanol–water partition coefficient (Wildman–Crippen LogP) is 3.03. The average molecular weight is 264 g/mol. The predicted molar refractivity (Wildman–Crippen MR) is 73.0 cm³/mol. The Kier molecular flexibility index (Phi) is 3.35. The van der Waals surface area contributed by atoms with Gasteiger partial charge in [0, 0.05) is 17.3 Å². The van der Waals surface area contributed by atoms with Crippen molar-refractivity contribution in [1.29, 1.82) is 0 Å². The number of hydrogen-bond acceptors (Lipinski definition) is 2. The minimum Gasteiger partial charge on any atom is -0.405 e. The summed E-state index contributed by atoms with van der Waals surface area (Å²) in [5, 5.41) is 0. The van der Waals surface area contributed by atoms with Crippen LogP contribution in [0.25, 0.3) is 5.70 Å². The third kappa shape index (κ3) is 2.35. The minimum absolute atomic E-state index is 0.205. The summed E-state index contributed by atoms with van der Waals surface area (Å²) < 4.78 is 27.5. The summed E-state index contributed by atoms with van der Waals surface area (Å²) in [4.78, 5) is 0. The topological polar surface area (TPSA) is 52.0 Å². The first-order valence-electron chi connectivity index (χ1n) is 6.24. The Labute approximate surface area is 111 Å². The van der Waals surface area contributed by atoms with Gasteiger partial charge < -0.3 is 11.5 Å². The molecule has 0 aliphatic heterocycles. The number of nitrogens with two attached hydrogens (primary N) is 2. The number of hydrogen-bond donors (Lipinski definition) is 2. The lowest BCUT2D eigenvalue weighted by molar-refractivity contribution is 0.567. The summed E-state index contributed by atoms with van der Waals surface area (Å²) in [5.41, 5.74) is 12.1. The second kappa shape index (κ2) is 4.68. The SMILES string of the molecule is CC1CC1(C)c1cc(F)cc(F)c1/C(N)=C/C=C\N. The second-order valence-corrected chi connectivity index (χ2v) is 5.34. The summed E-state index contributed by atoms with van der Waals surface area (Å²) in [5.74, 6) is -0.807. The number of benzene rings is 1. The van der Waals surface area contributed by atoms with Gasteiger partial charge in [-0.15, -0.1) is 0 Å². The summed E-state index contributed by atoms with van der Waals surface area (Å²) in [6.45, 7) is 4.06. The Morgan fingerprint density at radius 3 is 2.58 bits per heavy atom. The molecule has 0 spiro atoms. The van der Waals surface area contributed by atoms with Crippen molar-refractivity contribution in [2.45, 2.75) is 25.7 Å². The van der Waals surface area contributed by atoms with Gasteiger partial charge in [0.15, 0.2) is 0 Å². The van der Waals surface area contributed by atoms with E-state index in [1.807, 2.05) is 6.92 Å². The van der Waals surface area contributed by atoms with E-state index in [0.29, 0.717) is 11.5 Å². The Bertz CT molecular complexity index is 564. The highest BCUT2D eigenvalue weighted by atomic mass is 19.1. The first-order valence-corrected chi connectivity index (χ1v) is 6.24. The van der Waals surface area contributed by atoms with Crippen LogP contribution in [0.15, 0.2) is 30.5 Å². The van der Waals surface area contributed by atoms with Crippen LogP contribution in [0, 0.1) is 17.6 Å². The highest BCUT2D eigenvalue weighted by Gasteiger charge is 2.49. The summed E-state index contributed by atoms with van der Waals surface area (Å²) in [6, 6.07) is 2.25. The molecule has 0 saturated heterocycles. The number of rotatable bonds is 3. The minimum atomic E-state index is -0.630. The Morgan fingerprint density at radius 1 is 1.42 bits per heavy atom. The van der Waals surface area contributed by atoms with Gasteiger partial charge in [-0.05, 0) is 47.7 Å². The third-order valence-corrected chi connectivity index (χ3v) is 4.00. The van der Waals surface area contributed by atoms with Gasteiger partial charge in [0.25, 0.3) is 0 Å². The van der Waals surface area contributed by atoms with Crippen LogP contribution in [0.1, 0.15) is 31.4 Å². The fourth-order valence-electron chi connectivity index (χ4n) is 2.51. The molecule has 2 atom stereocenters. The molecule has 0 aromatic heterocycles. The molecular formula is C15H18F2N2. The number of allylic oxidation sites excluding steroid dienone is 2. The van der Waals surface area contributed by atoms with Crippen LogP contribution < -0.4 is 11.5 Å². The molecule has 1 saturated carbocycles. The molecule has 1 aliphatic carbocycles. The smallest absolute Gasteiger partial charge is 0.135 e. The maximum absolute atomic E-state index is 14.1. The van der Waals surface area contributed by atoms with Crippen molar-refractivity contribution in [3.63, 3.8) is 0 Å². The molecule has 0 heterocycles. The molecule has 19 heavy (non-hydrogen) atoms. The fourth-order valence-corrected chi connectivity index (χ4v) is 2.51. The van der Waals surface area contributed by atoms with Gasteiger partial charge in [0.1, 0.15) is 11.6 Å². The Morgan fingerprint density at radius 2 is 2.05 bits per heavy atom. The van der Waals surface area contributed by atoms with Crippen LogP contribution in [0.4, 0.5) is 8.78 Å². The molecule has 1 aliphatic rings. The van der Waals surface area contributed by atoms with Crippen LogP contribution in [0.5, 0.6) is 0 Å². The van der Waals surface area contributed by atoms with E-state index in [4.69, 9.17) is 11.5 Å². The van der Waals surface area contributed by atoms with E-state index in [2.05, 4.69) is 6.92 Å². The molecule has 0 radical (unpaired) electrons. The molecule has 2 unspecified atom stereocenters. The van der Waals surface area contributed by atoms with Gasteiger partial charge in [0.05, 0.1) is 0 Å².